The number of aromatic amines is 1. The molecule has 0 aliphatic heterocycles. The fourth-order valence-corrected chi connectivity index (χ4v) is 2.23. The topological polar surface area (TPSA) is 28.7 Å². The van der Waals surface area contributed by atoms with Crippen molar-refractivity contribution in [3.8, 4) is 11.3 Å². The largest absolute Gasteiger partial charge is 0.267 e. The molecule has 19 heavy (non-hydrogen) atoms. The third kappa shape index (κ3) is 2.02. The normalized spacial score (nSPS) is 10.8. The van der Waals surface area contributed by atoms with E-state index in [2.05, 4.69) is 10.2 Å². The van der Waals surface area contributed by atoms with E-state index in [-0.39, 0.29) is 5.56 Å². The summed E-state index contributed by atoms with van der Waals surface area (Å²) in [4.78, 5) is 0. The Labute approximate surface area is 112 Å². The van der Waals surface area contributed by atoms with Crippen LogP contribution in [0.25, 0.3) is 22.0 Å². The van der Waals surface area contributed by atoms with E-state index in [1.165, 1.54) is 12.1 Å². The number of halogens is 2. The molecule has 0 radical (unpaired) electrons. The van der Waals surface area contributed by atoms with Crippen LogP contribution in [0.2, 0.25) is 0 Å². The Morgan fingerprint density at radius 3 is 2.47 bits per heavy atom. The summed E-state index contributed by atoms with van der Waals surface area (Å²) in [5.74, 6) is -1.27. The molecule has 0 unspecified atom stereocenters. The molecular formula is C14H8F2N2S. The molecule has 1 aromatic heterocycles. The van der Waals surface area contributed by atoms with Gasteiger partial charge < -0.3 is 0 Å². The van der Waals surface area contributed by atoms with Gasteiger partial charge in [0, 0.05) is 22.4 Å². The summed E-state index contributed by atoms with van der Waals surface area (Å²) in [5, 5.41) is 8.28. The molecule has 3 aromatic rings. The Kier molecular flexibility index (Phi) is 2.83. The molecule has 2 aromatic carbocycles. The second-order valence-electron chi connectivity index (χ2n) is 4.07. The Morgan fingerprint density at radius 2 is 1.74 bits per heavy atom. The van der Waals surface area contributed by atoms with E-state index < -0.39 is 11.6 Å². The Morgan fingerprint density at radius 1 is 1.00 bits per heavy atom. The Balaban J connectivity index is 2.37. The average molecular weight is 274 g/mol. The van der Waals surface area contributed by atoms with Gasteiger partial charge in [0.25, 0.3) is 0 Å². The lowest BCUT2D eigenvalue weighted by molar-refractivity contribution is 0.585. The first-order chi connectivity index (χ1) is 9.16. The maximum absolute atomic E-state index is 13.8. The minimum absolute atomic E-state index is 0.240. The number of hydrogen-bond donors (Lipinski definition) is 1. The second kappa shape index (κ2) is 4.51. The lowest BCUT2D eigenvalue weighted by atomic mass is 10.0. The van der Waals surface area contributed by atoms with Crippen molar-refractivity contribution in [2.75, 3.05) is 0 Å². The predicted octanol–water partition coefficient (Wildman–Crippen LogP) is 4.24. The van der Waals surface area contributed by atoms with Crippen LogP contribution in [0.1, 0.15) is 0 Å². The van der Waals surface area contributed by atoms with E-state index in [1.54, 1.807) is 0 Å². The zero-order chi connectivity index (χ0) is 13.4. The first-order valence-electron chi connectivity index (χ1n) is 5.59. The van der Waals surface area contributed by atoms with Crippen molar-refractivity contribution < 1.29 is 8.78 Å². The molecule has 0 spiro atoms. The van der Waals surface area contributed by atoms with E-state index in [0.717, 1.165) is 16.8 Å². The van der Waals surface area contributed by atoms with E-state index >= 15 is 0 Å². The van der Waals surface area contributed by atoms with Crippen LogP contribution in [-0.2, 0) is 0 Å². The van der Waals surface area contributed by atoms with Crippen LogP contribution in [0.15, 0.2) is 42.5 Å². The number of aromatic nitrogens is 2. The number of rotatable bonds is 1. The predicted molar refractivity (Wildman–Crippen MR) is 72.3 cm³/mol. The zero-order valence-corrected chi connectivity index (χ0v) is 10.5. The summed E-state index contributed by atoms with van der Waals surface area (Å²) < 4.78 is 27.3. The standard InChI is InChI=1S/C14H8F2N2S/c15-8-5-6-11(12(16)7-8)13-9-3-1-2-4-10(9)14(19)18-17-13/h1-7H,(H,18,19). The molecule has 0 aliphatic carbocycles. The van der Waals surface area contributed by atoms with Gasteiger partial charge in [-0.05, 0) is 12.1 Å². The number of benzene rings is 2. The number of nitrogens with one attached hydrogen (secondary N) is 1. The molecule has 0 saturated heterocycles. The van der Waals surface area contributed by atoms with Crippen molar-refractivity contribution >= 4 is 23.0 Å². The van der Waals surface area contributed by atoms with Gasteiger partial charge in [-0.25, -0.2) is 8.78 Å². The fourth-order valence-electron chi connectivity index (χ4n) is 2.00. The molecule has 1 heterocycles. The highest BCUT2D eigenvalue weighted by atomic mass is 32.1. The molecule has 0 amide bonds. The lowest BCUT2D eigenvalue weighted by Crippen LogP contribution is -1.94. The minimum atomic E-state index is -0.650. The third-order valence-corrected chi connectivity index (χ3v) is 3.19. The van der Waals surface area contributed by atoms with Crippen LogP contribution in [0, 0.1) is 16.3 Å². The van der Waals surface area contributed by atoms with Gasteiger partial charge in [0.2, 0.25) is 0 Å². The van der Waals surface area contributed by atoms with E-state index in [4.69, 9.17) is 12.2 Å². The summed E-state index contributed by atoms with van der Waals surface area (Å²) in [6.45, 7) is 0. The van der Waals surface area contributed by atoms with Crippen molar-refractivity contribution in [3.05, 3.63) is 58.7 Å². The van der Waals surface area contributed by atoms with Gasteiger partial charge >= 0.3 is 0 Å². The van der Waals surface area contributed by atoms with Gasteiger partial charge in [0.15, 0.2) is 0 Å². The first kappa shape index (κ1) is 11.9. The van der Waals surface area contributed by atoms with Crippen LogP contribution in [0.4, 0.5) is 8.78 Å². The monoisotopic (exact) mass is 274 g/mol. The van der Waals surface area contributed by atoms with E-state index in [0.29, 0.717) is 10.3 Å². The smallest absolute Gasteiger partial charge is 0.135 e. The average Bonchev–Trinajstić information content (AvgIpc) is 2.41. The van der Waals surface area contributed by atoms with Gasteiger partial charge in [-0.15, -0.1) is 0 Å². The number of nitrogens with zero attached hydrogens (tertiary/aromatic N) is 1. The van der Waals surface area contributed by atoms with Gasteiger partial charge in [-0.2, -0.15) is 5.10 Å². The summed E-state index contributed by atoms with van der Waals surface area (Å²) in [7, 11) is 0. The van der Waals surface area contributed by atoms with Crippen molar-refractivity contribution in [3.63, 3.8) is 0 Å². The fraction of sp³-hybridized carbons (Fsp3) is 0. The van der Waals surface area contributed by atoms with Gasteiger partial charge in [0.1, 0.15) is 22.0 Å². The number of hydrogen-bond acceptors (Lipinski definition) is 2. The van der Waals surface area contributed by atoms with Crippen LogP contribution in [0.5, 0.6) is 0 Å². The summed E-state index contributed by atoms with van der Waals surface area (Å²) in [6.07, 6.45) is 0. The Bertz CT molecular complexity index is 827. The minimum Gasteiger partial charge on any atom is -0.267 e. The van der Waals surface area contributed by atoms with Crippen LogP contribution in [0.3, 0.4) is 0 Å². The highest BCUT2D eigenvalue weighted by molar-refractivity contribution is 7.71. The maximum Gasteiger partial charge on any atom is 0.135 e. The molecule has 0 atom stereocenters. The van der Waals surface area contributed by atoms with Crippen LogP contribution >= 0.6 is 12.2 Å². The molecule has 0 saturated carbocycles. The summed E-state index contributed by atoms with van der Waals surface area (Å²) in [5.41, 5.74) is 0.658. The first-order valence-corrected chi connectivity index (χ1v) is 6.00. The van der Waals surface area contributed by atoms with Crippen molar-refractivity contribution in [1.82, 2.24) is 10.2 Å². The van der Waals surface area contributed by atoms with Crippen LogP contribution in [-0.4, -0.2) is 10.2 Å². The molecular weight excluding hydrogens is 266 g/mol. The van der Waals surface area contributed by atoms with Crippen molar-refractivity contribution in [2.45, 2.75) is 0 Å². The van der Waals surface area contributed by atoms with Crippen LogP contribution < -0.4 is 0 Å². The van der Waals surface area contributed by atoms with Gasteiger partial charge in [0.05, 0.1) is 0 Å². The Hall–Kier alpha value is -2.14. The third-order valence-electron chi connectivity index (χ3n) is 2.88. The maximum atomic E-state index is 13.8. The number of fused-ring (bicyclic) bond motifs is 1. The molecule has 3 rings (SSSR count). The SMILES string of the molecule is Fc1ccc(-c2n[nH]c(=S)c3ccccc23)c(F)c1. The molecule has 0 aliphatic rings. The van der Waals surface area contributed by atoms with Crippen molar-refractivity contribution in [1.29, 1.82) is 0 Å². The summed E-state index contributed by atoms with van der Waals surface area (Å²) >= 11 is 5.15. The highest BCUT2D eigenvalue weighted by Gasteiger charge is 2.11. The van der Waals surface area contributed by atoms with Gasteiger partial charge in [-0.3, -0.25) is 5.10 Å². The second-order valence-corrected chi connectivity index (χ2v) is 4.48. The lowest BCUT2D eigenvalue weighted by Gasteiger charge is -2.06. The van der Waals surface area contributed by atoms with Gasteiger partial charge in [-0.1, -0.05) is 36.5 Å². The zero-order valence-electron chi connectivity index (χ0n) is 9.65. The number of H-pyrrole nitrogens is 1. The molecule has 1 N–H and O–H groups in total. The molecule has 0 bridgehead atoms. The van der Waals surface area contributed by atoms with Crippen molar-refractivity contribution in [2.24, 2.45) is 0 Å². The quantitative estimate of drug-likeness (QED) is 0.672. The molecule has 94 valence electrons. The highest BCUT2D eigenvalue weighted by Crippen LogP contribution is 2.28. The molecule has 5 heteroatoms. The summed E-state index contributed by atoms with van der Waals surface area (Å²) in [6, 6.07) is 10.7. The molecule has 2 nitrogen and oxygen atoms in total. The van der Waals surface area contributed by atoms with E-state index in [9.17, 15) is 8.78 Å². The van der Waals surface area contributed by atoms with E-state index in [1.807, 2.05) is 24.3 Å². The molecule has 0 fully saturated rings.